The second-order valence-corrected chi connectivity index (χ2v) is 5.24. The number of benzene rings is 1. The Morgan fingerprint density at radius 2 is 1.95 bits per heavy atom. The van der Waals surface area contributed by atoms with Gasteiger partial charge in [0.2, 0.25) is 0 Å². The van der Waals surface area contributed by atoms with Gasteiger partial charge in [0.05, 0.1) is 17.9 Å². The Hall–Kier alpha value is -2.29. The number of imidazole rings is 1. The molecule has 3 nitrogen and oxygen atoms in total. The molecule has 1 aromatic carbocycles. The highest BCUT2D eigenvalue weighted by Crippen LogP contribution is 2.18. The molecule has 102 valence electrons. The van der Waals surface area contributed by atoms with Crippen LogP contribution in [-0.4, -0.2) is 9.38 Å². The third-order valence-corrected chi connectivity index (χ3v) is 3.66. The SMILES string of the molecule is Cc1ccc(NCc2c(C)nc3ccccn23)c(C)c1. The third-order valence-electron chi connectivity index (χ3n) is 3.66. The maximum Gasteiger partial charge on any atom is 0.137 e. The molecule has 1 N–H and O–H groups in total. The van der Waals surface area contributed by atoms with Crippen molar-refractivity contribution in [2.75, 3.05) is 5.32 Å². The fourth-order valence-electron chi connectivity index (χ4n) is 2.57. The van der Waals surface area contributed by atoms with Gasteiger partial charge < -0.3 is 9.72 Å². The van der Waals surface area contributed by atoms with E-state index in [4.69, 9.17) is 0 Å². The number of pyridine rings is 1. The summed E-state index contributed by atoms with van der Waals surface area (Å²) >= 11 is 0. The highest BCUT2D eigenvalue weighted by molar-refractivity contribution is 5.53. The summed E-state index contributed by atoms with van der Waals surface area (Å²) in [5, 5.41) is 3.51. The van der Waals surface area contributed by atoms with E-state index in [9.17, 15) is 0 Å². The summed E-state index contributed by atoms with van der Waals surface area (Å²) in [5.74, 6) is 0. The van der Waals surface area contributed by atoms with E-state index in [1.54, 1.807) is 0 Å². The molecule has 2 heterocycles. The number of aryl methyl sites for hydroxylation is 3. The molecule has 0 saturated heterocycles. The predicted octanol–water partition coefficient (Wildman–Crippen LogP) is 3.87. The molecule has 0 amide bonds. The van der Waals surface area contributed by atoms with Gasteiger partial charge in [-0.3, -0.25) is 0 Å². The van der Waals surface area contributed by atoms with E-state index in [-0.39, 0.29) is 0 Å². The van der Waals surface area contributed by atoms with Gasteiger partial charge in [0, 0.05) is 11.9 Å². The number of rotatable bonds is 3. The molecule has 0 fully saturated rings. The van der Waals surface area contributed by atoms with Crippen LogP contribution in [0.1, 0.15) is 22.5 Å². The lowest BCUT2D eigenvalue weighted by molar-refractivity contribution is 0.984. The molecule has 0 aliphatic carbocycles. The van der Waals surface area contributed by atoms with Crippen LogP contribution in [0.4, 0.5) is 5.69 Å². The fraction of sp³-hybridized carbons (Fsp3) is 0.235. The molecule has 0 aliphatic heterocycles. The minimum Gasteiger partial charge on any atom is -0.379 e. The summed E-state index contributed by atoms with van der Waals surface area (Å²) in [6, 6.07) is 12.6. The molecule has 2 aromatic heterocycles. The molecule has 0 bridgehead atoms. The third kappa shape index (κ3) is 2.27. The van der Waals surface area contributed by atoms with Crippen molar-refractivity contribution in [1.29, 1.82) is 0 Å². The molecule has 3 aromatic rings. The lowest BCUT2D eigenvalue weighted by Crippen LogP contribution is -2.05. The molecule has 0 radical (unpaired) electrons. The zero-order chi connectivity index (χ0) is 14.1. The molecular weight excluding hydrogens is 246 g/mol. The summed E-state index contributed by atoms with van der Waals surface area (Å²) in [5.41, 5.74) is 7.04. The predicted molar refractivity (Wildman–Crippen MR) is 83.2 cm³/mol. The standard InChI is InChI=1S/C17H19N3/c1-12-7-8-15(13(2)10-12)18-11-16-14(3)19-17-6-4-5-9-20(16)17/h4-10,18H,11H2,1-3H3. The zero-order valence-corrected chi connectivity index (χ0v) is 12.1. The van der Waals surface area contributed by atoms with Crippen LogP contribution >= 0.6 is 0 Å². The molecule has 0 saturated carbocycles. The average Bonchev–Trinajstić information content (AvgIpc) is 2.74. The van der Waals surface area contributed by atoms with Gasteiger partial charge in [-0.1, -0.05) is 23.8 Å². The van der Waals surface area contributed by atoms with Crippen LogP contribution in [0.3, 0.4) is 0 Å². The van der Waals surface area contributed by atoms with Crippen molar-refractivity contribution in [2.45, 2.75) is 27.3 Å². The van der Waals surface area contributed by atoms with Gasteiger partial charge in [-0.25, -0.2) is 4.98 Å². The zero-order valence-electron chi connectivity index (χ0n) is 12.1. The van der Waals surface area contributed by atoms with Gasteiger partial charge in [0.15, 0.2) is 0 Å². The Bertz CT molecular complexity index is 756. The van der Waals surface area contributed by atoms with Crippen molar-refractivity contribution in [2.24, 2.45) is 0 Å². The summed E-state index contributed by atoms with van der Waals surface area (Å²) < 4.78 is 2.14. The molecule has 20 heavy (non-hydrogen) atoms. The Morgan fingerprint density at radius 3 is 2.75 bits per heavy atom. The van der Waals surface area contributed by atoms with E-state index in [1.165, 1.54) is 22.5 Å². The largest absolute Gasteiger partial charge is 0.379 e. The monoisotopic (exact) mass is 265 g/mol. The second-order valence-electron chi connectivity index (χ2n) is 5.24. The maximum atomic E-state index is 4.58. The number of anilines is 1. The average molecular weight is 265 g/mol. The minimum absolute atomic E-state index is 0.779. The van der Waals surface area contributed by atoms with Gasteiger partial charge in [-0.2, -0.15) is 0 Å². The first-order chi connectivity index (χ1) is 9.65. The molecule has 3 rings (SSSR count). The van der Waals surface area contributed by atoms with Crippen LogP contribution in [0, 0.1) is 20.8 Å². The van der Waals surface area contributed by atoms with E-state index in [1.807, 2.05) is 18.2 Å². The van der Waals surface area contributed by atoms with Crippen LogP contribution in [0.15, 0.2) is 42.6 Å². The van der Waals surface area contributed by atoms with E-state index in [2.05, 4.69) is 59.9 Å². The number of nitrogens with one attached hydrogen (secondary N) is 1. The quantitative estimate of drug-likeness (QED) is 0.779. The Morgan fingerprint density at radius 1 is 1.10 bits per heavy atom. The van der Waals surface area contributed by atoms with Crippen LogP contribution in [0.5, 0.6) is 0 Å². The van der Waals surface area contributed by atoms with Crippen LogP contribution in [0.2, 0.25) is 0 Å². The van der Waals surface area contributed by atoms with E-state index in [0.717, 1.165) is 17.9 Å². The van der Waals surface area contributed by atoms with Crippen molar-refractivity contribution < 1.29 is 0 Å². The first kappa shape index (κ1) is 12.7. The number of fused-ring (bicyclic) bond motifs is 1. The molecule has 0 unspecified atom stereocenters. The van der Waals surface area contributed by atoms with E-state index < -0.39 is 0 Å². The Labute approximate surface area is 119 Å². The normalized spacial score (nSPS) is 10.9. The molecule has 0 atom stereocenters. The van der Waals surface area contributed by atoms with Gasteiger partial charge in [-0.05, 0) is 44.5 Å². The summed E-state index contributed by atoms with van der Waals surface area (Å²) in [7, 11) is 0. The maximum absolute atomic E-state index is 4.58. The summed E-state index contributed by atoms with van der Waals surface area (Å²) in [4.78, 5) is 4.58. The molecular formula is C17H19N3. The number of nitrogens with zero attached hydrogens (tertiary/aromatic N) is 2. The van der Waals surface area contributed by atoms with Crippen molar-refractivity contribution in [3.8, 4) is 0 Å². The Balaban J connectivity index is 1.88. The van der Waals surface area contributed by atoms with Gasteiger partial charge >= 0.3 is 0 Å². The summed E-state index contributed by atoms with van der Waals surface area (Å²) in [6.45, 7) is 7.09. The first-order valence-electron chi connectivity index (χ1n) is 6.89. The van der Waals surface area contributed by atoms with Crippen molar-refractivity contribution in [1.82, 2.24) is 9.38 Å². The molecule has 3 heteroatoms. The minimum atomic E-state index is 0.779. The highest BCUT2D eigenvalue weighted by atomic mass is 15.0. The van der Waals surface area contributed by atoms with E-state index in [0.29, 0.717) is 0 Å². The van der Waals surface area contributed by atoms with Gasteiger partial charge in [-0.15, -0.1) is 0 Å². The Kier molecular flexibility index (Phi) is 3.18. The lowest BCUT2D eigenvalue weighted by atomic mass is 10.1. The molecule has 0 spiro atoms. The van der Waals surface area contributed by atoms with Crippen LogP contribution in [-0.2, 0) is 6.54 Å². The van der Waals surface area contributed by atoms with E-state index >= 15 is 0 Å². The van der Waals surface area contributed by atoms with Crippen LogP contribution in [0.25, 0.3) is 5.65 Å². The number of aromatic nitrogens is 2. The number of hydrogen-bond donors (Lipinski definition) is 1. The smallest absolute Gasteiger partial charge is 0.137 e. The second kappa shape index (κ2) is 5.00. The highest BCUT2D eigenvalue weighted by Gasteiger charge is 2.08. The first-order valence-corrected chi connectivity index (χ1v) is 6.89. The lowest BCUT2D eigenvalue weighted by Gasteiger charge is -2.10. The molecule has 0 aliphatic rings. The number of hydrogen-bond acceptors (Lipinski definition) is 2. The van der Waals surface area contributed by atoms with Crippen molar-refractivity contribution >= 4 is 11.3 Å². The van der Waals surface area contributed by atoms with Gasteiger partial charge in [0.25, 0.3) is 0 Å². The van der Waals surface area contributed by atoms with Gasteiger partial charge in [0.1, 0.15) is 5.65 Å². The fourth-order valence-corrected chi connectivity index (χ4v) is 2.57. The van der Waals surface area contributed by atoms with Crippen molar-refractivity contribution in [3.63, 3.8) is 0 Å². The summed E-state index contributed by atoms with van der Waals surface area (Å²) in [6.07, 6.45) is 2.06. The van der Waals surface area contributed by atoms with Crippen molar-refractivity contribution in [3.05, 3.63) is 65.1 Å². The van der Waals surface area contributed by atoms with Crippen LogP contribution < -0.4 is 5.32 Å². The topological polar surface area (TPSA) is 29.3 Å².